The molecule has 0 spiro atoms. The topological polar surface area (TPSA) is 52.5 Å². The summed E-state index contributed by atoms with van der Waals surface area (Å²) >= 11 is 0. The Morgan fingerprint density at radius 2 is 1.54 bits per heavy atom. The first-order chi connectivity index (χ1) is 17.2. The molecule has 5 heteroatoms. The van der Waals surface area contributed by atoms with Crippen molar-refractivity contribution in [1.29, 1.82) is 0 Å². The zero-order valence-corrected chi connectivity index (χ0v) is 20.2. The van der Waals surface area contributed by atoms with Crippen LogP contribution in [0, 0.1) is 0 Å². The summed E-state index contributed by atoms with van der Waals surface area (Å²) in [7, 11) is 3.33. The highest BCUT2D eigenvalue weighted by Gasteiger charge is 2.24. The standard InChI is InChI=1S/C30H30N2O3/c1-34-26-17-25(18-27(19-26)35-2)32-24(14-15-29(33)31-20-21-8-4-3-5-9-21)16-23-13-12-22-10-6-7-11-28(22)30(23)32/h3-11,16-19H,12-15,20H2,1-2H3,(H,31,33). The van der Waals surface area contributed by atoms with E-state index >= 15 is 0 Å². The molecule has 0 saturated carbocycles. The molecule has 1 amide bonds. The van der Waals surface area contributed by atoms with E-state index < -0.39 is 0 Å². The SMILES string of the molecule is COc1cc(OC)cc(-n2c(CCC(=O)NCc3ccccc3)cc3c2-c2ccccc2CC3)c1. The molecule has 0 radical (unpaired) electrons. The zero-order chi connectivity index (χ0) is 24.2. The molecule has 1 heterocycles. The second-order valence-corrected chi connectivity index (χ2v) is 8.84. The number of nitrogens with zero attached hydrogens (tertiary/aromatic N) is 1. The van der Waals surface area contributed by atoms with Gasteiger partial charge in [-0.2, -0.15) is 0 Å². The van der Waals surface area contributed by atoms with Crippen molar-refractivity contribution in [2.45, 2.75) is 32.2 Å². The van der Waals surface area contributed by atoms with E-state index in [1.54, 1.807) is 14.2 Å². The monoisotopic (exact) mass is 466 g/mol. The van der Waals surface area contributed by atoms with Crippen LogP contribution >= 0.6 is 0 Å². The van der Waals surface area contributed by atoms with Crippen molar-refractivity contribution in [1.82, 2.24) is 9.88 Å². The molecule has 1 N–H and O–H groups in total. The van der Waals surface area contributed by atoms with Crippen LogP contribution < -0.4 is 14.8 Å². The summed E-state index contributed by atoms with van der Waals surface area (Å²) in [5.74, 6) is 1.51. The molecule has 5 rings (SSSR count). The average molecular weight is 467 g/mol. The van der Waals surface area contributed by atoms with Gasteiger partial charge in [-0.05, 0) is 42.0 Å². The number of carbonyl (C=O) groups excluding carboxylic acids is 1. The lowest BCUT2D eigenvalue weighted by atomic mass is 9.90. The number of methoxy groups -OCH3 is 2. The number of carbonyl (C=O) groups is 1. The van der Waals surface area contributed by atoms with Gasteiger partial charge >= 0.3 is 0 Å². The number of benzene rings is 3. The Kier molecular flexibility index (Phi) is 6.57. The first-order valence-electron chi connectivity index (χ1n) is 12.0. The Hall–Kier alpha value is -3.99. The number of aryl methyl sites for hydroxylation is 3. The molecule has 1 aromatic heterocycles. The van der Waals surface area contributed by atoms with Crippen LogP contribution in [0.4, 0.5) is 0 Å². The molecule has 5 nitrogen and oxygen atoms in total. The van der Waals surface area contributed by atoms with Crippen molar-refractivity contribution in [2.24, 2.45) is 0 Å². The second-order valence-electron chi connectivity index (χ2n) is 8.84. The summed E-state index contributed by atoms with van der Waals surface area (Å²) in [5.41, 5.74) is 8.28. The fourth-order valence-electron chi connectivity index (χ4n) is 4.87. The van der Waals surface area contributed by atoms with E-state index in [-0.39, 0.29) is 5.91 Å². The number of amides is 1. The predicted octanol–water partition coefficient (Wildman–Crippen LogP) is 5.51. The Morgan fingerprint density at radius 3 is 2.29 bits per heavy atom. The van der Waals surface area contributed by atoms with Gasteiger partial charge in [0.05, 0.1) is 25.6 Å². The van der Waals surface area contributed by atoms with Crippen LogP contribution in [0.3, 0.4) is 0 Å². The third-order valence-electron chi connectivity index (χ3n) is 6.63. The second kappa shape index (κ2) is 10.1. The van der Waals surface area contributed by atoms with Gasteiger partial charge < -0.3 is 19.4 Å². The molecule has 0 atom stereocenters. The molecule has 0 aliphatic heterocycles. The van der Waals surface area contributed by atoms with Crippen LogP contribution in [0.1, 0.15) is 28.8 Å². The van der Waals surface area contributed by atoms with Gasteiger partial charge in [0.1, 0.15) is 11.5 Å². The van der Waals surface area contributed by atoms with E-state index in [0.29, 0.717) is 19.4 Å². The minimum absolute atomic E-state index is 0.0446. The molecular weight excluding hydrogens is 436 g/mol. The van der Waals surface area contributed by atoms with E-state index in [1.165, 1.54) is 22.4 Å². The lowest BCUT2D eigenvalue weighted by Crippen LogP contribution is -2.23. The van der Waals surface area contributed by atoms with Gasteiger partial charge in [-0.15, -0.1) is 0 Å². The molecule has 0 saturated heterocycles. The van der Waals surface area contributed by atoms with Crippen molar-refractivity contribution in [2.75, 3.05) is 14.2 Å². The number of nitrogens with one attached hydrogen (secondary N) is 1. The fraction of sp³-hybridized carbons (Fsp3) is 0.233. The van der Waals surface area contributed by atoms with E-state index in [1.807, 2.05) is 48.5 Å². The van der Waals surface area contributed by atoms with E-state index in [0.717, 1.165) is 41.3 Å². The summed E-state index contributed by atoms with van der Waals surface area (Å²) in [6, 6.07) is 26.8. The van der Waals surface area contributed by atoms with Crippen LogP contribution in [0.15, 0.2) is 78.9 Å². The largest absolute Gasteiger partial charge is 0.497 e. The molecule has 0 fully saturated rings. The molecular formula is C30H30N2O3. The quantitative estimate of drug-likeness (QED) is 0.373. The van der Waals surface area contributed by atoms with Gasteiger partial charge in [0.15, 0.2) is 0 Å². The summed E-state index contributed by atoms with van der Waals surface area (Å²) in [5, 5.41) is 3.05. The highest BCUT2D eigenvalue weighted by Crippen LogP contribution is 2.39. The van der Waals surface area contributed by atoms with Crippen molar-refractivity contribution in [3.8, 4) is 28.4 Å². The van der Waals surface area contributed by atoms with Gasteiger partial charge in [0.25, 0.3) is 0 Å². The van der Waals surface area contributed by atoms with Crippen LogP contribution in [0.25, 0.3) is 16.9 Å². The van der Waals surface area contributed by atoms with E-state index in [9.17, 15) is 4.79 Å². The first-order valence-corrected chi connectivity index (χ1v) is 12.0. The number of hydrogen-bond acceptors (Lipinski definition) is 3. The van der Waals surface area contributed by atoms with Crippen molar-refractivity contribution < 1.29 is 14.3 Å². The smallest absolute Gasteiger partial charge is 0.220 e. The average Bonchev–Trinajstić information content (AvgIpc) is 3.30. The van der Waals surface area contributed by atoms with Crippen LogP contribution in [-0.2, 0) is 30.6 Å². The minimum Gasteiger partial charge on any atom is -0.497 e. The maximum atomic E-state index is 12.7. The number of ether oxygens (including phenoxy) is 2. The third kappa shape index (κ3) is 4.80. The van der Waals surface area contributed by atoms with Gasteiger partial charge in [0.2, 0.25) is 5.91 Å². The lowest BCUT2D eigenvalue weighted by molar-refractivity contribution is -0.121. The maximum absolute atomic E-state index is 12.7. The molecule has 3 aromatic carbocycles. The summed E-state index contributed by atoms with van der Waals surface area (Å²) in [4.78, 5) is 12.7. The highest BCUT2D eigenvalue weighted by atomic mass is 16.5. The van der Waals surface area contributed by atoms with Crippen LogP contribution in [0.5, 0.6) is 11.5 Å². The lowest BCUT2D eigenvalue weighted by Gasteiger charge is -2.21. The Balaban J connectivity index is 1.49. The zero-order valence-electron chi connectivity index (χ0n) is 20.2. The number of hydrogen-bond donors (Lipinski definition) is 1. The van der Waals surface area contributed by atoms with Crippen molar-refractivity contribution >= 4 is 5.91 Å². The normalized spacial score (nSPS) is 11.9. The molecule has 1 aliphatic rings. The first kappa shape index (κ1) is 22.8. The molecule has 1 aliphatic carbocycles. The van der Waals surface area contributed by atoms with Gasteiger partial charge in [-0.3, -0.25) is 4.79 Å². The third-order valence-corrected chi connectivity index (χ3v) is 6.63. The molecule has 4 aromatic rings. The molecule has 0 bridgehead atoms. The minimum atomic E-state index is 0.0446. The Bertz CT molecular complexity index is 1320. The van der Waals surface area contributed by atoms with Crippen molar-refractivity contribution in [3.63, 3.8) is 0 Å². The summed E-state index contributed by atoms with van der Waals surface area (Å²) in [6.45, 7) is 0.539. The Labute approximate surface area is 206 Å². The van der Waals surface area contributed by atoms with E-state index in [4.69, 9.17) is 9.47 Å². The Morgan fingerprint density at radius 1 is 0.857 bits per heavy atom. The molecule has 178 valence electrons. The highest BCUT2D eigenvalue weighted by molar-refractivity contribution is 5.77. The van der Waals surface area contributed by atoms with Crippen LogP contribution in [-0.4, -0.2) is 24.7 Å². The molecule has 0 unspecified atom stereocenters. The number of rotatable bonds is 8. The predicted molar refractivity (Wildman–Crippen MR) is 138 cm³/mol. The number of fused-ring (bicyclic) bond motifs is 3. The molecule has 35 heavy (non-hydrogen) atoms. The van der Waals surface area contributed by atoms with Gasteiger partial charge in [-0.1, -0.05) is 54.6 Å². The van der Waals surface area contributed by atoms with Crippen molar-refractivity contribution in [3.05, 3.63) is 101 Å². The fourth-order valence-corrected chi connectivity index (χ4v) is 4.87. The van der Waals surface area contributed by atoms with Crippen LogP contribution in [0.2, 0.25) is 0 Å². The van der Waals surface area contributed by atoms with E-state index in [2.05, 4.69) is 40.2 Å². The van der Waals surface area contributed by atoms with Gasteiger partial charge in [-0.25, -0.2) is 0 Å². The van der Waals surface area contributed by atoms with Gasteiger partial charge in [0, 0.05) is 42.4 Å². The maximum Gasteiger partial charge on any atom is 0.220 e. The summed E-state index contributed by atoms with van der Waals surface area (Å²) < 4.78 is 13.4. The number of aromatic nitrogens is 1. The summed E-state index contributed by atoms with van der Waals surface area (Å²) in [6.07, 6.45) is 3.05.